The largest absolute Gasteiger partial charge is 0.491 e. The number of aliphatic hydroxyl groups is 2. The molecule has 2 unspecified atom stereocenters. The predicted molar refractivity (Wildman–Crippen MR) is 155 cm³/mol. The Labute approximate surface area is 238 Å². The molecule has 0 fully saturated rings. The Morgan fingerprint density at radius 3 is 2.56 bits per heavy atom. The van der Waals surface area contributed by atoms with Crippen LogP contribution in [0.25, 0.3) is 10.9 Å². The quantitative estimate of drug-likeness (QED) is 0.167. The van der Waals surface area contributed by atoms with Gasteiger partial charge in [-0.2, -0.15) is 0 Å². The molecule has 11 heteroatoms. The molecule has 4 rings (SSSR count). The highest BCUT2D eigenvalue weighted by atomic mass is 16.5. The first kappa shape index (κ1) is 29.7. The van der Waals surface area contributed by atoms with E-state index in [1.165, 1.54) is 6.33 Å². The fourth-order valence-electron chi connectivity index (χ4n) is 4.08. The van der Waals surface area contributed by atoms with Crippen LogP contribution in [0.2, 0.25) is 0 Å². The molecule has 41 heavy (non-hydrogen) atoms. The molecule has 0 saturated heterocycles. The summed E-state index contributed by atoms with van der Waals surface area (Å²) < 4.78 is 16.6. The van der Waals surface area contributed by atoms with Crippen LogP contribution in [0, 0.1) is 13.8 Å². The summed E-state index contributed by atoms with van der Waals surface area (Å²) in [6, 6.07) is 14.9. The Bertz CT molecular complexity index is 1450. The highest BCUT2D eigenvalue weighted by Crippen LogP contribution is 2.31. The topological polar surface area (TPSA) is 148 Å². The lowest BCUT2D eigenvalue weighted by Gasteiger charge is -2.17. The van der Waals surface area contributed by atoms with Gasteiger partial charge in [-0.15, -0.1) is 0 Å². The van der Waals surface area contributed by atoms with Crippen molar-refractivity contribution in [2.45, 2.75) is 38.9 Å². The molecule has 4 N–H and O–H groups in total. The van der Waals surface area contributed by atoms with Crippen molar-refractivity contribution < 1.29 is 29.2 Å². The van der Waals surface area contributed by atoms with Crippen LogP contribution < -0.4 is 20.1 Å². The van der Waals surface area contributed by atoms with Gasteiger partial charge in [-0.1, -0.05) is 0 Å². The van der Waals surface area contributed by atoms with E-state index in [0.29, 0.717) is 36.0 Å². The number of carbonyl (C=O) groups excluding carboxylic acids is 1. The van der Waals surface area contributed by atoms with E-state index in [2.05, 4.69) is 25.6 Å². The van der Waals surface area contributed by atoms with Crippen LogP contribution in [-0.2, 0) is 9.53 Å². The van der Waals surface area contributed by atoms with Crippen molar-refractivity contribution in [1.29, 1.82) is 0 Å². The number of ether oxygens (including phenoxy) is 3. The van der Waals surface area contributed by atoms with E-state index in [1.807, 2.05) is 44.2 Å². The van der Waals surface area contributed by atoms with Gasteiger partial charge in [-0.25, -0.2) is 9.97 Å². The maximum Gasteiger partial charge on any atom is 0.222 e. The number of nitrogens with one attached hydrogen (secondary N) is 2. The van der Waals surface area contributed by atoms with Gasteiger partial charge in [0.25, 0.3) is 0 Å². The zero-order valence-electron chi connectivity index (χ0n) is 23.3. The molecule has 0 bridgehead atoms. The molecule has 0 aliphatic carbocycles. The Balaban J connectivity index is 1.36. The molecular formula is C30H35N5O6. The molecule has 0 aliphatic rings. The maximum absolute atomic E-state index is 11.8. The maximum atomic E-state index is 11.8. The smallest absolute Gasteiger partial charge is 0.222 e. The standard InChI is InChI=1S/C30H35N5O6/c1-19-12-21(5-9-28(19)41-25-6-4-20(2)32-16-25)35-30-26-15-24(7-8-27(26)33-18-34-30)40-17-23(37)13-22(36)14-29(38)31-10-11-39-3/h4-9,12,15-16,18,22-23,36-37H,10-11,13-14,17H2,1-3H3,(H,31,38)(H,33,34,35). The first-order chi connectivity index (χ1) is 19.8. The molecule has 0 saturated carbocycles. The Kier molecular flexibility index (Phi) is 10.4. The first-order valence-electron chi connectivity index (χ1n) is 13.3. The van der Waals surface area contributed by atoms with Crippen molar-refractivity contribution in [1.82, 2.24) is 20.3 Å². The molecule has 0 aliphatic heterocycles. The van der Waals surface area contributed by atoms with Crippen molar-refractivity contribution in [3.05, 3.63) is 72.3 Å². The van der Waals surface area contributed by atoms with Gasteiger partial charge in [0.1, 0.15) is 36.0 Å². The minimum Gasteiger partial charge on any atom is -0.491 e. The number of amides is 1. The van der Waals surface area contributed by atoms with Crippen LogP contribution in [-0.4, -0.2) is 70.1 Å². The van der Waals surface area contributed by atoms with Crippen LogP contribution in [0.1, 0.15) is 24.1 Å². The van der Waals surface area contributed by atoms with E-state index in [0.717, 1.165) is 28.1 Å². The Morgan fingerprint density at radius 1 is 0.976 bits per heavy atom. The zero-order chi connectivity index (χ0) is 29.2. The van der Waals surface area contributed by atoms with Crippen LogP contribution in [0.4, 0.5) is 11.5 Å². The van der Waals surface area contributed by atoms with Gasteiger partial charge in [-0.3, -0.25) is 9.78 Å². The molecule has 11 nitrogen and oxygen atoms in total. The number of nitrogens with zero attached hydrogens (tertiary/aromatic N) is 3. The van der Waals surface area contributed by atoms with E-state index >= 15 is 0 Å². The third-order valence-corrected chi connectivity index (χ3v) is 6.19. The number of hydrogen-bond acceptors (Lipinski definition) is 10. The van der Waals surface area contributed by atoms with Crippen LogP contribution >= 0.6 is 0 Å². The van der Waals surface area contributed by atoms with Crippen LogP contribution in [0.3, 0.4) is 0 Å². The van der Waals surface area contributed by atoms with Gasteiger partial charge >= 0.3 is 0 Å². The minimum atomic E-state index is -0.995. The van der Waals surface area contributed by atoms with Crippen molar-refractivity contribution >= 4 is 28.3 Å². The average Bonchev–Trinajstić information content (AvgIpc) is 2.95. The average molecular weight is 562 g/mol. The summed E-state index contributed by atoms with van der Waals surface area (Å²) in [5.41, 5.74) is 3.39. The molecule has 216 valence electrons. The number of rotatable bonds is 14. The number of benzene rings is 2. The van der Waals surface area contributed by atoms with Gasteiger partial charge in [0.2, 0.25) is 5.91 Å². The fourth-order valence-corrected chi connectivity index (χ4v) is 4.08. The number of carbonyl (C=O) groups is 1. The third-order valence-electron chi connectivity index (χ3n) is 6.19. The summed E-state index contributed by atoms with van der Waals surface area (Å²) in [7, 11) is 1.54. The van der Waals surface area contributed by atoms with Crippen molar-refractivity contribution in [3.8, 4) is 17.2 Å². The van der Waals surface area contributed by atoms with Crippen LogP contribution in [0.15, 0.2) is 61.1 Å². The fraction of sp³-hybridized carbons (Fsp3) is 0.333. The number of aromatic nitrogens is 3. The summed E-state index contributed by atoms with van der Waals surface area (Å²) in [5.74, 6) is 2.18. The van der Waals surface area contributed by atoms with Gasteiger partial charge in [0, 0.05) is 36.8 Å². The first-order valence-corrected chi connectivity index (χ1v) is 13.3. The number of anilines is 2. The summed E-state index contributed by atoms with van der Waals surface area (Å²) in [6.45, 7) is 4.58. The van der Waals surface area contributed by atoms with Crippen molar-refractivity contribution in [2.24, 2.45) is 0 Å². The monoisotopic (exact) mass is 561 g/mol. The van der Waals surface area contributed by atoms with Gasteiger partial charge in [0.05, 0.1) is 36.9 Å². The van der Waals surface area contributed by atoms with Crippen molar-refractivity contribution in [3.63, 3.8) is 0 Å². The third kappa shape index (κ3) is 8.84. The molecule has 0 spiro atoms. The second-order valence-corrected chi connectivity index (χ2v) is 9.65. The number of pyridine rings is 1. The Morgan fingerprint density at radius 2 is 1.80 bits per heavy atom. The molecular weight excluding hydrogens is 526 g/mol. The summed E-state index contributed by atoms with van der Waals surface area (Å²) in [4.78, 5) is 24.8. The lowest BCUT2D eigenvalue weighted by Crippen LogP contribution is -2.32. The molecule has 0 radical (unpaired) electrons. The van der Waals surface area contributed by atoms with Gasteiger partial charge < -0.3 is 35.1 Å². The number of aryl methyl sites for hydroxylation is 2. The molecule has 2 heterocycles. The molecule has 1 amide bonds. The van der Waals surface area contributed by atoms with E-state index in [4.69, 9.17) is 14.2 Å². The SMILES string of the molecule is COCCNC(=O)CC(O)CC(O)COc1ccc2ncnc(Nc3ccc(Oc4ccc(C)nc4)c(C)c3)c2c1. The molecule has 2 aromatic carbocycles. The molecule has 4 aromatic rings. The minimum absolute atomic E-state index is 0.000676. The highest BCUT2D eigenvalue weighted by molar-refractivity contribution is 5.91. The summed E-state index contributed by atoms with van der Waals surface area (Å²) >= 11 is 0. The van der Waals surface area contributed by atoms with E-state index in [9.17, 15) is 15.0 Å². The number of methoxy groups -OCH3 is 1. The van der Waals surface area contributed by atoms with E-state index in [-0.39, 0.29) is 25.4 Å². The zero-order valence-corrected chi connectivity index (χ0v) is 23.3. The van der Waals surface area contributed by atoms with Crippen LogP contribution in [0.5, 0.6) is 17.2 Å². The summed E-state index contributed by atoms with van der Waals surface area (Å²) in [6.07, 6.45) is 1.11. The molecule has 2 aromatic heterocycles. The Hall–Kier alpha value is -4.32. The highest BCUT2D eigenvalue weighted by Gasteiger charge is 2.17. The normalized spacial score (nSPS) is 12.5. The second kappa shape index (κ2) is 14.4. The summed E-state index contributed by atoms with van der Waals surface area (Å²) in [5, 5.41) is 27.2. The lowest BCUT2D eigenvalue weighted by atomic mass is 10.1. The second-order valence-electron chi connectivity index (χ2n) is 9.65. The van der Waals surface area contributed by atoms with Gasteiger partial charge in [0.15, 0.2) is 0 Å². The van der Waals surface area contributed by atoms with Crippen molar-refractivity contribution in [2.75, 3.05) is 32.2 Å². The van der Waals surface area contributed by atoms with Gasteiger partial charge in [-0.05, 0) is 67.9 Å². The van der Waals surface area contributed by atoms with E-state index < -0.39 is 12.2 Å². The lowest BCUT2D eigenvalue weighted by molar-refractivity contribution is -0.123. The number of fused-ring (bicyclic) bond motifs is 1. The predicted octanol–water partition coefficient (Wildman–Crippen LogP) is 3.82. The molecule has 2 atom stereocenters. The number of hydrogen-bond donors (Lipinski definition) is 4. The van der Waals surface area contributed by atoms with E-state index in [1.54, 1.807) is 31.5 Å². The number of aliphatic hydroxyl groups excluding tert-OH is 2.